The Hall–Kier alpha value is -1.25. The van der Waals surface area contributed by atoms with E-state index in [0.29, 0.717) is 11.8 Å². The summed E-state index contributed by atoms with van der Waals surface area (Å²) >= 11 is 0. The van der Waals surface area contributed by atoms with Crippen LogP contribution in [0.1, 0.15) is 42.9 Å². The topological polar surface area (TPSA) is 42.2 Å². The van der Waals surface area contributed by atoms with Crippen molar-refractivity contribution in [1.82, 2.24) is 4.73 Å². The Balaban J connectivity index is 2.04. The minimum absolute atomic E-state index is 0.294. The number of nitrogens with zero attached hydrogens (tertiary/aromatic N) is 1. The first-order valence-electron chi connectivity index (χ1n) is 6.08. The second kappa shape index (κ2) is 3.37. The fourth-order valence-electron chi connectivity index (χ4n) is 3.59. The summed E-state index contributed by atoms with van der Waals surface area (Å²) in [4.78, 5) is 11.5. The van der Waals surface area contributed by atoms with Crippen LogP contribution in [0, 0.1) is 18.8 Å². The van der Waals surface area contributed by atoms with E-state index >= 15 is 0 Å². The van der Waals surface area contributed by atoms with Crippen LogP contribution in [0.25, 0.3) is 0 Å². The van der Waals surface area contributed by atoms with E-state index in [1.54, 1.807) is 0 Å². The van der Waals surface area contributed by atoms with Crippen molar-refractivity contribution in [3.05, 3.63) is 33.7 Å². The van der Waals surface area contributed by atoms with E-state index in [-0.39, 0.29) is 5.56 Å². The predicted molar refractivity (Wildman–Crippen MR) is 60.8 cm³/mol. The monoisotopic (exact) mass is 219 g/mol. The van der Waals surface area contributed by atoms with E-state index in [0.717, 1.165) is 28.3 Å². The molecule has 3 nitrogen and oxygen atoms in total. The van der Waals surface area contributed by atoms with Gasteiger partial charge in [-0.2, -0.15) is 4.73 Å². The van der Waals surface area contributed by atoms with Crippen molar-refractivity contribution in [2.45, 2.75) is 38.5 Å². The third-order valence-electron chi connectivity index (χ3n) is 4.30. The van der Waals surface area contributed by atoms with Gasteiger partial charge in [0.15, 0.2) is 0 Å². The number of pyridine rings is 1. The largest absolute Gasteiger partial charge is 0.425 e. The molecule has 0 spiro atoms. The molecule has 0 radical (unpaired) electrons. The van der Waals surface area contributed by atoms with Gasteiger partial charge in [-0.3, -0.25) is 4.79 Å². The molecule has 3 heteroatoms. The van der Waals surface area contributed by atoms with Gasteiger partial charge in [0.05, 0.1) is 5.69 Å². The highest BCUT2D eigenvalue weighted by atomic mass is 16.5. The molecule has 2 aliphatic carbocycles. The van der Waals surface area contributed by atoms with Crippen LogP contribution in [0.5, 0.6) is 0 Å². The number of aromatic nitrogens is 1. The molecule has 1 N–H and O–H groups in total. The molecule has 0 saturated heterocycles. The third-order valence-corrected chi connectivity index (χ3v) is 4.30. The zero-order chi connectivity index (χ0) is 11.3. The standard InChI is InChI=1S/C13H17NO2/c1-8-4-12(14(16)13(15)5-8)11-7-9-2-3-10(11)6-9/h4-5,9-11,16H,2-3,6-7H2,1H3. The molecular weight excluding hydrogens is 202 g/mol. The Kier molecular flexibility index (Phi) is 2.09. The lowest BCUT2D eigenvalue weighted by Crippen LogP contribution is -2.24. The number of hydrogen-bond donors (Lipinski definition) is 1. The molecule has 1 heterocycles. The quantitative estimate of drug-likeness (QED) is 0.736. The fraction of sp³-hybridized carbons (Fsp3) is 0.615. The highest BCUT2D eigenvalue weighted by Crippen LogP contribution is 2.52. The van der Waals surface area contributed by atoms with Gasteiger partial charge in [-0.15, -0.1) is 0 Å². The van der Waals surface area contributed by atoms with Gasteiger partial charge in [-0.1, -0.05) is 6.42 Å². The molecule has 3 unspecified atom stereocenters. The molecule has 1 aromatic heterocycles. The summed E-state index contributed by atoms with van der Waals surface area (Å²) in [5, 5.41) is 9.81. The first-order chi connectivity index (χ1) is 7.65. The molecule has 0 aromatic carbocycles. The predicted octanol–water partition coefficient (Wildman–Crippen LogP) is 2.30. The van der Waals surface area contributed by atoms with Crippen molar-refractivity contribution in [2.75, 3.05) is 0 Å². The summed E-state index contributed by atoms with van der Waals surface area (Å²) < 4.78 is 0.859. The van der Waals surface area contributed by atoms with Crippen LogP contribution in [-0.2, 0) is 0 Å². The van der Waals surface area contributed by atoms with Crippen molar-refractivity contribution in [2.24, 2.45) is 11.8 Å². The van der Waals surface area contributed by atoms with E-state index in [1.165, 1.54) is 25.3 Å². The summed E-state index contributed by atoms with van der Waals surface area (Å²) in [6.45, 7) is 1.91. The molecule has 1 aromatic rings. The molecule has 2 saturated carbocycles. The van der Waals surface area contributed by atoms with Crippen molar-refractivity contribution < 1.29 is 5.21 Å². The molecule has 2 fully saturated rings. The zero-order valence-electron chi connectivity index (χ0n) is 9.52. The maximum Gasteiger partial charge on any atom is 0.283 e. The van der Waals surface area contributed by atoms with Gasteiger partial charge in [0.2, 0.25) is 0 Å². The second-order valence-corrected chi connectivity index (χ2v) is 5.39. The SMILES string of the molecule is Cc1cc(C2CC3CCC2C3)n(O)c(=O)c1. The summed E-state index contributed by atoms with van der Waals surface area (Å²) in [5.41, 5.74) is 1.49. The van der Waals surface area contributed by atoms with E-state index in [1.807, 2.05) is 13.0 Å². The Morgan fingerprint density at radius 3 is 2.75 bits per heavy atom. The van der Waals surface area contributed by atoms with Crippen LogP contribution >= 0.6 is 0 Å². The van der Waals surface area contributed by atoms with Crippen LogP contribution in [0.4, 0.5) is 0 Å². The van der Waals surface area contributed by atoms with E-state index in [4.69, 9.17) is 0 Å². The van der Waals surface area contributed by atoms with Crippen LogP contribution in [0.3, 0.4) is 0 Å². The number of rotatable bonds is 1. The van der Waals surface area contributed by atoms with Gasteiger partial charge in [-0.05, 0) is 49.7 Å². The van der Waals surface area contributed by atoms with Gasteiger partial charge in [0.1, 0.15) is 0 Å². The number of hydrogen-bond acceptors (Lipinski definition) is 2. The molecule has 0 amide bonds. The van der Waals surface area contributed by atoms with Gasteiger partial charge >= 0.3 is 0 Å². The van der Waals surface area contributed by atoms with Crippen molar-refractivity contribution in [1.29, 1.82) is 0 Å². The minimum Gasteiger partial charge on any atom is -0.425 e. The third kappa shape index (κ3) is 1.38. The van der Waals surface area contributed by atoms with E-state index in [9.17, 15) is 10.0 Å². The van der Waals surface area contributed by atoms with E-state index in [2.05, 4.69) is 0 Å². The Morgan fingerprint density at radius 1 is 1.31 bits per heavy atom. The van der Waals surface area contributed by atoms with Crippen LogP contribution in [0.15, 0.2) is 16.9 Å². The smallest absolute Gasteiger partial charge is 0.283 e. The Labute approximate surface area is 94.7 Å². The molecule has 0 aliphatic heterocycles. The lowest BCUT2D eigenvalue weighted by molar-refractivity contribution is 0.155. The number of aryl methyl sites for hydroxylation is 1. The van der Waals surface area contributed by atoms with Gasteiger partial charge in [-0.25, -0.2) is 0 Å². The highest BCUT2D eigenvalue weighted by molar-refractivity contribution is 5.21. The van der Waals surface area contributed by atoms with Crippen LogP contribution < -0.4 is 5.56 Å². The van der Waals surface area contributed by atoms with E-state index < -0.39 is 0 Å². The lowest BCUT2D eigenvalue weighted by Gasteiger charge is -2.23. The maximum atomic E-state index is 11.5. The Bertz CT molecular complexity index is 477. The molecule has 3 rings (SSSR count). The number of fused-ring (bicyclic) bond motifs is 2. The highest BCUT2D eigenvalue weighted by Gasteiger charge is 2.41. The fourth-order valence-corrected chi connectivity index (χ4v) is 3.59. The summed E-state index contributed by atoms with van der Waals surface area (Å²) in [7, 11) is 0. The van der Waals surface area contributed by atoms with Crippen LogP contribution in [-0.4, -0.2) is 9.94 Å². The Morgan fingerprint density at radius 2 is 2.12 bits per heavy atom. The first-order valence-corrected chi connectivity index (χ1v) is 6.08. The molecule has 86 valence electrons. The molecule has 2 bridgehead atoms. The normalized spacial score (nSPS) is 32.2. The molecule has 2 aliphatic rings. The minimum atomic E-state index is -0.294. The summed E-state index contributed by atoms with van der Waals surface area (Å²) in [5.74, 6) is 1.91. The summed E-state index contributed by atoms with van der Waals surface area (Å²) in [6, 6.07) is 3.45. The van der Waals surface area contributed by atoms with Gasteiger partial charge in [0, 0.05) is 12.0 Å². The van der Waals surface area contributed by atoms with Gasteiger partial charge in [0.25, 0.3) is 5.56 Å². The lowest BCUT2D eigenvalue weighted by atomic mass is 9.86. The average Bonchev–Trinajstić information content (AvgIpc) is 2.84. The zero-order valence-corrected chi connectivity index (χ0v) is 9.52. The molecule has 16 heavy (non-hydrogen) atoms. The van der Waals surface area contributed by atoms with Crippen molar-refractivity contribution in [3.63, 3.8) is 0 Å². The molecule has 3 atom stereocenters. The average molecular weight is 219 g/mol. The maximum absolute atomic E-state index is 11.5. The van der Waals surface area contributed by atoms with Crippen molar-refractivity contribution in [3.8, 4) is 0 Å². The second-order valence-electron chi connectivity index (χ2n) is 5.39. The van der Waals surface area contributed by atoms with Crippen LogP contribution in [0.2, 0.25) is 0 Å². The van der Waals surface area contributed by atoms with Gasteiger partial charge < -0.3 is 5.21 Å². The molecular formula is C13H17NO2. The van der Waals surface area contributed by atoms with Crippen molar-refractivity contribution >= 4 is 0 Å². The first kappa shape index (κ1) is 9.94. The summed E-state index contributed by atoms with van der Waals surface area (Å²) in [6.07, 6.45) is 5.03.